The molecule has 1 aliphatic rings. The fourth-order valence-electron chi connectivity index (χ4n) is 1.86. The maximum Gasteiger partial charge on any atom is 0.270 e. The Labute approximate surface area is 114 Å². The number of hydrogen-bond donors (Lipinski definition) is 2. The van der Waals surface area contributed by atoms with E-state index in [9.17, 15) is 19.3 Å². The molecular formula is C12H14FN3O4. The van der Waals surface area contributed by atoms with E-state index < -0.39 is 16.6 Å². The number of nitrogens with zero attached hydrogens (tertiary/aromatic N) is 1. The van der Waals surface area contributed by atoms with Crippen LogP contribution in [0.2, 0.25) is 0 Å². The Morgan fingerprint density at radius 1 is 1.60 bits per heavy atom. The molecule has 20 heavy (non-hydrogen) atoms. The van der Waals surface area contributed by atoms with Crippen LogP contribution in [0.15, 0.2) is 18.2 Å². The summed E-state index contributed by atoms with van der Waals surface area (Å²) in [6.07, 6.45) is 0. The van der Waals surface area contributed by atoms with Gasteiger partial charge in [-0.25, -0.2) is 4.39 Å². The number of carbonyl (C=O) groups excluding carboxylic acids is 1. The number of non-ortho nitro benzene ring substituents is 1. The lowest BCUT2D eigenvalue weighted by atomic mass is 10.1. The van der Waals surface area contributed by atoms with E-state index in [0.29, 0.717) is 19.8 Å². The average Bonchev–Trinajstić information content (AvgIpc) is 2.46. The largest absolute Gasteiger partial charge is 0.378 e. The molecule has 1 unspecified atom stereocenters. The molecule has 0 radical (unpaired) electrons. The molecule has 0 aromatic heterocycles. The van der Waals surface area contributed by atoms with Crippen molar-refractivity contribution in [2.45, 2.75) is 6.04 Å². The van der Waals surface area contributed by atoms with Crippen LogP contribution in [0, 0.1) is 15.9 Å². The molecule has 2 N–H and O–H groups in total. The predicted molar refractivity (Wildman–Crippen MR) is 68.0 cm³/mol. The number of rotatable bonds is 4. The van der Waals surface area contributed by atoms with E-state index in [1.807, 2.05) is 0 Å². The first-order chi connectivity index (χ1) is 9.58. The van der Waals surface area contributed by atoms with Gasteiger partial charge in [0.25, 0.3) is 11.6 Å². The molecule has 1 aliphatic heterocycles. The van der Waals surface area contributed by atoms with Crippen LogP contribution < -0.4 is 10.6 Å². The van der Waals surface area contributed by atoms with Crippen LogP contribution in [-0.2, 0) is 4.74 Å². The summed E-state index contributed by atoms with van der Waals surface area (Å²) in [5, 5.41) is 16.3. The van der Waals surface area contributed by atoms with Gasteiger partial charge in [-0.05, 0) is 6.07 Å². The van der Waals surface area contributed by atoms with Crippen LogP contribution in [-0.4, -0.2) is 43.2 Å². The van der Waals surface area contributed by atoms with E-state index in [2.05, 4.69) is 10.6 Å². The highest BCUT2D eigenvalue weighted by molar-refractivity contribution is 5.95. The number of nitrogens with one attached hydrogen (secondary N) is 2. The molecule has 1 saturated heterocycles. The first kappa shape index (κ1) is 14.4. The van der Waals surface area contributed by atoms with E-state index >= 15 is 0 Å². The Balaban J connectivity index is 2.00. The molecule has 8 heteroatoms. The molecule has 0 bridgehead atoms. The van der Waals surface area contributed by atoms with E-state index in [-0.39, 0.29) is 23.8 Å². The standard InChI is InChI=1S/C12H14FN3O4/c13-11-2-1-9(16(18)19)5-10(11)12(17)15-6-8-7-20-4-3-14-8/h1-2,5,8,14H,3-4,6-7H2,(H,15,17). The van der Waals surface area contributed by atoms with Gasteiger partial charge >= 0.3 is 0 Å². The number of ether oxygens (including phenoxy) is 1. The van der Waals surface area contributed by atoms with Crippen LogP contribution in [0.5, 0.6) is 0 Å². The minimum absolute atomic E-state index is 0.0468. The predicted octanol–water partition coefficient (Wildman–Crippen LogP) is 0.452. The Kier molecular flexibility index (Phi) is 4.59. The number of benzene rings is 1. The van der Waals surface area contributed by atoms with Crippen LogP contribution in [0.1, 0.15) is 10.4 Å². The highest BCUT2D eigenvalue weighted by Gasteiger charge is 2.19. The molecule has 0 saturated carbocycles. The number of halogens is 1. The molecule has 1 atom stereocenters. The summed E-state index contributed by atoms with van der Waals surface area (Å²) in [4.78, 5) is 21.8. The maximum atomic E-state index is 13.5. The molecule has 1 heterocycles. The van der Waals surface area contributed by atoms with Crippen molar-refractivity contribution in [3.05, 3.63) is 39.7 Å². The summed E-state index contributed by atoms with van der Waals surface area (Å²) in [5.41, 5.74) is -0.661. The lowest BCUT2D eigenvalue weighted by molar-refractivity contribution is -0.384. The third-order valence-electron chi connectivity index (χ3n) is 2.91. The third kappa shape index (κ3) is 3.49. The normalized spacial score (nSPS) is 18.6. The van der Waals surface area contributed by atoms with Crippen LogP contribution in [0.4, 0.5) is 10.1 Å². The van der Waals surface area contributed by atoms with Crippen molar-refractivity contribution in [2.24, 2.45) is 0 Å². The van der Waals surface area contributed by atoms with Crippen molar-refractivity contribution >= 4 is 11.6 Å². The number of carbonyl (C=O) groups is 1. The van der Waals surface area contributed by atoms with Gasteiger partial charge in [0, 0.05) is 31.3 Å². The Morgan fingerprint density at radius 3 is 3.05 bits per heavy atom. The van der Waals surface area contributed by atoms with Crippen molar-refractivity contribution in [1.82, 2.24) is 10.6 Å². The van der Waals surface area contributed by atoms with Gasteiger partial charge in [-0.15, -0.1) is 0 Å². The van der Waals surface area contributed by atoms with E-state index in [4.69, 9.17) is 4.74 Å². The first-order valence-corrected chi connectivity index (χ1v) is 6.11. The van der Waals surface area contributed by atoms with Crippen molar-refractivity contribution < 1.29 is 18.8 Å². The van der Waals surface area contributed by atoms with Gasteiger partial charge in [0.2, 0.25) is 0 Å². The second-order valence-corrected chi connectivity index (χ2v) is 4.36. The van der Waals surface area contributed by atoms with E-state index in [0.717, 1.165) is 18.2 Å². The quantitative estimate of drug-likeness (QED) is 0.618. The van der Waals surface area contributed by atoms with Crippen LogP contribution in [0.25, 0.3) is 0 Å². The molecule has 0 spiro atoms. The highest BCUT2D eigenvalue weighted by atomic mass is 19.1. The van der Waals surface area contributed by atoms with Crippen LogP contribution >= 0.6 is 0 Å². The lowest BCUT2D eigenvalue weighted by Gasteiger charge is -2.23. The van der Waals surface area contributed by atoms with Crippen molar-refractivity contribution in [3.8, 4) is 0 Å². The maximum absolute atomic E-state index is 13.5. The summed E-state index contributed by atoms with van der Waals surface area (Å²) in [6, 6.07) is 2.81. The van der Waals surface area contributed by atoms with Gasteiger partial charge in [-0.1, -0.05) is 0 Å². The molecule has 1 aromatic carbocycles. The van der Waals surface area contributed by atoms with Gasteiger partial charge in [-0.3, -0.25) is 14.9 Å². The van der Waals surface area contributed by atoms with Gasteiger partial charge in [0.15, 0.2) is 0 Å². The summed E-state index contributed by atoms with van der Waals surface area (Å²) >= 11 is 0. The van der Waals surface area contributed by atoms with E-state index in [1.54, 1.807) is 0 Å². The molecule has 1 fully saturated rings. The van der Waals surface area contributed by atoms with Gasteiger partial charge in [-0.2, -0.15) is 0 Å². The fourth-order valence-corrected chi connectivity index (χ4v) is 1.86. The van der Waals surface area contributed by atoms with Crippen LogP contribution in [0.3, 0.4) is 0 Å². The molecule has 1 amide bonds. The van der Waals surface area contributed by atoms with Gasteiger partial charge in [0.05, 0.1) is 23.7 Å². The smallest absolute Gasteiger partial charge is 0.270 e. The third-order valence-corrected chi connectivity index (χ3v) is 2.91. The lowest BCUT2D eigenvalue weighted by Crippen LogP contribution is -2.48. The second kappa shape index (κ2) is 6.40. The molecule has 0 aliphatic carbocycles. The molecule has 1 aromatic rings. The minimum atomic E-state index is -0.791. The molecule has 7 nitrogen and oxygen atoms in total. The van der Waals surface area contributed by atoms with Crippen molar-refractivity contribution in [1.29, 1.82) is 0 Å². The van der Waals surface area contributed by atoms with Gasteiger partial charge in [0.1, 0.15) is 5.82 Å². The number of nitro groups is 1. The second-order valence-electron chi connectivity index (χ2n) is 4.36. The topological polar surface area (TPSA) is 93.5 Å². The zero-order valence-corrected chi connectivity index (χ0v) is 10.6. The van der Waals surface area contributed by atoms with Gasteiger partial charge < -0.3 is 15.4 Å². The molecule has 2 rings (SSSR count). The van der Waals surface area contributed by atoms with Crippen molar-refractivity contribution in [2.75, 3.05) is 26.3 Å². The average molecular weight is 283 g/mol. The number of hydrogen-bond acceptors (Lipinski definition) is 5. The number of amides is 1. The number of morpholine rings is 1. The monoisotopic (exact) mass is 283 g/mol. The summed E-state index contributed by atoms with van der Waals surface area (Å²) in [6.45, 7) is 2.02. The SMILES string of the molecule is O=C(NCC1COCCN1)c1cc([N+](=O)[O-])ccc1F. The molecular weight excluding hydrogens is 269 g/mol. The zero-order valence-electron chi connectivity index (χ0n) is 10.6. The number of nitro benzene ring substituents is 1. The minimum Gasteiger partial charge on any atom is -0.378 e. The summed E-state index contributed by atoms with van der Waals surface area (Å²) in [5.74, 6) is -1.47. The zero-order chi connectivity index (χ0) is 14.5. The summed E-state index contributed by atoms with van der Waals surface area (Å²) in [7, 11) is 0. The first-order valence-electron chi connectivity index (χ1n) is 6.11. The Morgan fingerprint density at radius 2 is 2.40 bits per heavy atom. The Hall–Kier alpha value is -2.06. The molecule has 108 valence electrons. The Bertz CT molecular complexity index is 517. The summed E-state index contributed by atoms with van der Waals surface area (Å²) < 4.78 is 18.7. The van der Waals surface area contributed by atoms with E-state index in [1.165, 1.54) is 0 Å². The van der Waals surface area contributed by atoms with Crippen molar-refractivity contribution in [3.63, 3.8) is 0 Å². The fraction of sp³-hybridized carbons (Fsp3) is 0.417. The highest BCUT2D eigenvalue weighted by Crippen LogP contribution is 2.16.